The molecule has 2 aromatic heterocycles. The van der Waals surface area contributed by atoms with Gasteiger partial charge in [-0.05, 0) is 68.7 Å². The van der Waals surface area contributed by atoms with Crippen LogP contribution >= 0.6 is 0 Å². The maximum atomic E-state index is 13.0. The topological polar surface area (TPSA) is 98.7 Å². The molecule has 0 saturated heterocycles. The Bertz CT molecular complexity index is 1050. The number of nitrogens with zero attached hydrogens (tertiary/aromatic N) is 4. The van der Waals surface area contributed by atoms with E-state index in [9.17, 15) is 4.79 Å². The summed E-state index contributed by atoms with van der Waals surface area (Å²) < 4.78 is 1.72. The maximum Gasteiger partial charge on any atom is 0.274 e. The van der Waals surface area contributed by atoms with Gasteiger partial charge in [0.25, 0.3) is 5.91 Å². The average molecular weight is 390 g/mol. The third-order valence-corrected chi connectivity index (χ3v) is 6.62. The fourth-order valence-corrected chi connectivity index (χ4v) is 5.22. The molecule has 2 bridgehead atoms. The molecule has 29 heavy (non-hydrogen) atoms. The minimum Gasteiger partial charge on any atom is -0.347 e. The minimum atomic E-state index is -0.131. The van der Waals surface area contributed by atoms with Crippen molar-refractivity contribution in [3.05, 3.63) is 47.9 Å². The highest BCUT2D eigenvalue weighted by atomic mass is 16.2. The van der Waals surface area contributed by atoms with E-state index in [1.807, 2.05) is 37.3 Å². The number of carbonyl (C=O) groups excluding carboxylic acids is 1. The fourth-order valence-electron chi connectivity index (χ4n) is 5.22. The zero-order valence-corrected chi connectivity index (χ0v) is 16.6. The van der Waals surface area contributed by atoms with Gasteiger partial charge in [-0.25, -0.2) is 4.68 Å². The van der Waals surface area contributed by atoms with Crippen LogP contribution in [-0.2, 0) is 0 Å². The number of fused-ring (bicyclic) bond motifs is 3. The summed E-state index contributed by atoms with van der Waals surface area (Å²) in [7, 11) is 0. The molecule has 1 aromatic carbocycles. The predicted octanol–water partition coefficient (Wildman–Crippen LogP) is 2.76. The van der Waals surface area contributed by atoms with E-state index >= 15 is 0 Å². The van der Waals surface area contributed by atoms with Crippen molar-refractivity contribution in [3.8, 4) is 5.69 Å². The van der Waals surface area contributed by atoms with Crippen molar-refractivity contribution in [1.82, 2.24) is 25.3 Å². The fraction of sp³-hybridized carbons (Fsp3) is 0.455. The van der Waals surface area contributed by atoms with E-state index in [-0.39, 0.29) is 18.0 Å². The Kier molecular flexibility index (Phi) is 4.54. The Morgan fingerprint density at radius 1 is 1.21 bits per heavy atom. The lowest BCUT2D eigenvalue weighted by atomic mass is 9.67. The Labute approximate surface area is 169 Å². The molecule has 7 nitrogen and oxygen atoms in total. The molecule has 2 unspecified atom stereocenters. The molecule has 3 N–H and O–H groups in total. The van der Waals surface area contributed by atoms with Crippen LogP contribution in [0.4, 0.5) is 0 Å². The van der Waals surface area contributed by atoms with Crippen LogP contribution in [0.2, 0.25) is 0 Å². The number of carbonyl (C=O) groups is 1. The molecular weight excluding hydrogens is 364 g/mol. The van der Waals surface area contributed by atoms with E-state index in [2.05, 4.69) is 20.6 Å². The van der Waals surface area contributed by atoms with Crippen molar-refractivity contribution in [2.24, 2.45) is 17.6 Å². The normalized spacial score (nSPS) is 26.4. The summed E-state index contributed by atoms with van der Waals surface area (Å²) in [6.45, 7) is 1.89. The molecule has 2 aliphatic carbocycles. The highest BCUT2D eigenvalue weighted by Crippen LogP contribution is 2.39. The summed E-state index contributed by atoms with van der Waals surface area (Å²) in [4.78, 5) is 17.4. The third-order valence-electron chi connectivity index (χ3n) is 6.62. The lowest BCUT2D eigenvalue weighted by Gasteiger charge is -2.45. The number of pyridine rings is 1. The first kappa shape index (κ1) is 18.2. The lowest BCUT2D eigenvalue weighted by Crippen LogP contribution is -2.53. The number of rotatable bonds is 3. The first-order chi connectivity index (χ1) is 14.1. The van der Waals surface area contributed by atoms with Crippen molar-refractivity contribution in [3.63, 3.8) is 0 Å². The van der Waals surface area contributed by atoms with Crippen LogP contribution in [0.5, 0.6) is 0 Å². The van der Waals surface area contributed by atoms with Crippen LogP contribution < -0.4 is 11.1 Å². The van der Waals surface area contributed by atoms with Gasteiger partial charge in [0.2, 0.25) is 0 Å². The summed E-state index contributed by atoms with van der Waals surface area (Å²) >= 11 is 0. The van der Waals surface area contributed by atoms with E-state index in [4.69, 9.17) is 5.73 Å². The minimum absolute atomic E-state index is 0.131. The number of nitrogens with two attached hydrogens (primary N) is 1. The van der Waals surface area contributed by atoms with Crippen LogP contribution in [0.1, 0.15) is 48.3 Å². The molecule has 2 heterocycles. The van der Waals surface area contributed by atoms with Crippen molar-refractivity contribution in [2.75, 3.05) is 0 Å². The highest BCUT2D eigenvalue weighted by Gasteiger charge is 2.40. The van der Waals surface area contributed by atoms with Crippen LogP contribution in [0.3, 0.4) is 0 Å². The molecule has 0 spiro atoms. The molecule has 2 aliphatic rings. The molecule has 3 aromatic rings. The zero-order valence-electron chi connectivity index (χ0n) is 16.6. The van der Waals surface area contributed by atoms with Gasteiger partial charge in [0.15, 0.2) is 5.69 Å². The second kappa shape index (κ2) is 7.22. The van der Waals surface area contributed by atoms with E-state index in [1.165, 1.54) is 6.42 Å². The van der Waals surface area contributed by atoms with Crippen molar-refractivity contribution in [1.29, 1.82) is 0 Å². The van der Waals surface area contributed by atoms with Crippen LogP contribution in [-0.4, -0.2) is 38.0 Å². The second-order valence-electron chi connectivity index (χ2n) is 8.50. The Balaban J connectivity index is 1.39. The number of benzene rings is 1. The number of amides is 1. The summed E-state index contributed by atoms with van der Waals surface area (Å²) in [6.07, 6.45) is 7.30. The van der Waals surface area contributed by atoms with Gasteiger partial charge >= 0.3 is 0 Å². The highest BCUT2D eigenvalue weighted by molar-refractivity contribution is 5.93. The van der Waals surface area contributed by atoms with Gasteiger partial charge in [0.1, 0.15) is 0 Å². The van der Waals surface area contributed by atoms with Crippen molar-refractivity contribution >= 4 is 16.8 Å². The summed E-state index contributed by atoms with van der Waals surface area (Å²) in [5, 5.41) is 12.8. The largest absolute Gasteiger partial charge is 0.347 e. The first-order valence-electron chi connectivity index (χ1n) is 10.4. The molecule has 2 atom stereocenters. The molecule has 1 amide bonds. The number of hydrogen-bond acceptors (Lipinski definition) is 5. The number of nitrogens with one attached hydrogen (secondary N) is 1. The van der Waals surface area contributed by atoms with Gasteiger partial charge in [-0.2, -0.15) is 0 Å². The van der Waals surface area contributed by atoms with Gasteiger partial charge in [0, 0.05) is 23.7 Å². The molecular formula is C22H26N6O. The standard InChI is InChI=1S/C22H26N6O/c1-13-20(22(29)25-21-15-4-2-5-16(21)11-17(23)10-15)26-27-28(13)18-7-8-19-14(12-18)6-3-9-24-19/h3,6-9,12,15-17,21H,2,4-5,10-11,23H2,1H3,(H,25,29). The van der Waals surface area contributed by atoms with Gasteiger partial charge in [0.05, 0.1) is 16.9 Å². The molecule has 150 valence electrons. The molecule has 0 radical (unpaired) electrons. The van der Waals surface area contributed by atoms with Gasteiger partial charge < -0.3 is 11.1 Å². The summed E-state index contributed by atoms with van der Waals surface area (Å²) in [6, 6.07) is 10.3. The monoisotopic (exact) mass is 390 g/mol. The first-order valence-corrected chi connectivity index (χ1v) is 10.4. The molecule has 2 fully saturated rings. The van der Waals surface area contributed by atoms with Crippen LogP contribution in [0, 0.1) is 18.8 Å². The maximum absolute atomic E-state index is 13.0. The lowest BCUT2D eigenvalue weighted by molar-refractivity contribution is 0.0751. The molecule has 2 saturated carbocycles. The smallest absolute Gasteiger partial charge is 0.274 e. The molecule has 5 rings (SSSR count). The van der Waals surface area contributed by atoms with E-state index < -0.39 is 0 Å². The zero-order chi connectivity index (χ0) is 20.0. The van der Waals surface area contributed by atoms with E-state index in [0.717, 1.165) is 48.0 Å². The van der Waals surface area contributed by atoms with Crippen molar-refractivity contribution in [2.45, 2.75) is 51.1 Å². The van der Waals surface area contributed by atoms with Crippen LogP contribution in [0.15, 0.2) is 36.5 Å². The predicted molar refractivity (Wildman–Crippen MR) is 111 cm³/mol. The summed E-state index contributed by atoms with van der Waals surface area (Å²) in [5.41, 5.74) is 9.15. The quantitative estimate of drug-likeness (QED) is 0.716. The SMILES string of the molecule is Cc1c(C(=O)NC2C3CCCC2CC(N)C3)nnn1-c1ccc2ncccc2c1. The Morgan fingerprint density at radius 2 is 2.00 bits per heavy atom. The number of aromatic nitrogens is 4. The van der Waals surface area contributed by atoms with Gasteiger partial charge in [-0.3, -0.25) is 9.78 Å². The molecule has 0 aliphatic heterocycles. The van der Waals surface area contributed by atoms with Gasteiger partial charge in [-0.1, -0.05) is 17.7 Å². The average Bonchev–Trinajstić information content (AvgIpc) is 3.10. The van der Waals surface area contributed by atoms with Crippen molar-refractivity contribution < 1.29 is 4.79 Å². The Hall–Kier alpha value is -2.80. The molecule has 7 heteroatoms. The Morgan fingerprint density at radius 3 is 2.79 bits per heavy atom. The van der Waals surface area contributed by atoms with Crippen LogP contribution in [0.25, 0.3) is 16.6 Å². The third kappa shape index (κ3) is 3.29. The second-order valence-corrected chi connectivity index (χ2v) is 8.50. The van der Waals surface area contributed by atoms with E-state index in [0.29, 0.717) is 17.5 Å². The van der Waals surface area contributed by atoms with Gasteiger partial charge in [-0.15, -0.1) is 5.10 Å². The van der Waals surface area contributed by atoms with E-state index in [1.54, 1.807) is 10.9 Å². The number of hydrogen-bond donors (Lipinski definition) is 2. The summed E-state index contributed by atoms with van der Waals surface area (Å²) in [5.74, 6) is 0.822.